The first-order chi connectivity index (χ1) is 14.2. The van der Waals surface area contributed by atoms with Crippen molar-refractivity contribution < 1.29 is 9.53 Å². The zero-order valence-corrected chi connectivity index (χ0v) is 18.6. The van der Waals surface area contributed by atoms with E-state index in [1.165, 1.54) is 6.92 Å². The molecule has 9 heteroatoms. The van der Waals surface area contributed by atoms with Gasteiger partial charge in [0.25, 0.3) is 0 Å². The number of aromatic nitrogens is 2. The number of amides is 1. The number of anilines is 2. The Morgan fingerprint density at radius 2 is 1.97 bits per heavy atom. The number of ether oxygens (including phenoxy) is 1. The molecular formula is C21H29N7O2. The summed E-state index contributed by atoms with van der Waals surface area (Å²) in [5.41, 5.74) is 2.41. The van der Waals surface area contributed by atoms with Gasteiger partial charge in [-0.2, -0.15) is 10.4 Å². The first-order valence-electron chi connectivity index (χ1n) is 9.81. The molecule has 0 aliphatic heterocycles. The van der Waals surface area contributed by atoms with E-state index in [-0.39, 0.29) is 17.1 Å². The lowest BCUT2D eigenvalue weighted by Crippen LogP contribution is -2.22. The third-order valence-corrected chi connectivity index (χ3v) is 4.54. The summed E-state index contributed by atoms with van der Waals surface area (Å²) in [5, 5.41) is 27.9. The predicted molar refractivity (Wildman–Crippen MR) is 117 cm³/mol. The first kappa shape index (κ1) is 22.9. The second-order valence-corrected chi connectivity index (χ2v) is 7.75. The number of aromatic amines is 1. The molecule has 1 aromatic heterocycles. The average molecular weight is 412 g/mol. The van der Waals surface area contributed by atoms with Crippen LogP contribution in [0.2, 0.25) is 0 Å². The summed E-state index contributed by atoms with van der Waals surface area (Å²) in [4.78, 5) is 13.9. The number of rotatable bonds is 7. The van der Waals surface area contributed by atoms with Crippen molar-refractivity contribution in [2.24, 2.45) is 10.2 Å². The van der Waals surface area contributed by atoms with Gasteiger partial charge in [0.1, 0.15) is 23.1 Å². The number of carbonyl (C=O) groups is 1. The maximum atomic E-state index is 11.7. The molecule has 2 rings (SSSR count). The third kappa shape index (κ3) is 4.95. The number of hydrogen-bond acceptors (Lipinski definition) is 7. The van der Waals surface area contributed by atoms with Gasteiger partial charge in [0, 0.05) is 31.5 Å². The van der Waals surface area contributed by atoms with E-state index in [1.54, 1.807) is 13.2 Å². The zero-order valence-electron chi connectivity index (χ0n) is 18.6. The highest BCUT2D eigenvalue weighted by Crippen LogP contribution is 2.39. The summed E-state index contributed by atoms with van der Waals surface area (Å²) >= 11 is 0. The largest absolute Gasteiger partial charge is 0.494 e. The fourth-order valence-corrected chi connectivity index (χ4v) is 3.06. The van der Waals surface area contributed by atoms with Gasteiger partial charge in [0.05, 0.1) is 24.2 Å². The predicted octanol–water partition coefficient (Wildman–Crippen LogP) is 4.81. The molecule has 0 radical (unpaired) electrons. The molecule has 2 aromatic rings. The van der Waals surface area contributed by atoms with Crippen molar-refractivity contribution in [3.8, 4) is 11.8 Å². The van der Waals surface area contributed by atoms with Gasteiger partial charge in [0.15, 0.2) is 5.82 Å². The van der Waals surface area contributed by atoms with Crippen molar-refractivity contribution in [2.75, 3.05) is 30.4 Å². The number of benzene rings is 1. The molecule has 2 N–H and O–H groups in total. The lowest BCUT2D eigenvalue weighted by Gasteiger charge is -2.24. The van der Waals surface area contributed by atoms with E-state index in [4.69, 9.17) is 4.74 Å². The van der Waals surface area contributed by atoms with Crippen LogP contribution in [0.25, 0.3) is 0 Å². The van der Waals surface area contributed by atoms with E-state index in [9.17, 15) is 10.1 Å². The molecule has 1 aromatic carbocycles. The van der Waals surface area contributed by atoms with E-state index in [0.29, 0.717) is 28.4 Å². The quantitative estimate of drug-likeness (QED) is 0.634. The smallest absolute Gasteiger partial charge is 0.221 e. The van der Waals surface area contributed by atoms with E-state index in [1.807, 2.05) is 40.7 Å². The lowest BCUT2D eigenvalue weighted by atomic mass is 9.90. The Labute approximate surface area is 177 Å². The van der Waals surface area contributed by atoms with E-state index < -0.39 is 0 Å². The summed E-state index contributed by atoms with van der Waals surface area (Å²) < 4.78 is 5.55. The second-order valence-electron chi connectivity index (χ2n) is 7.75. The second kappa shape index (κ2) is 9.39. The molecule has 0 bridgehead atoms. The Morgan fingerprint density at radius 1 is 1.30 bits per heavy atom. The van der Waals surface area contributed by atoms with Crippen LogP contribution in [0.5, 0.6) is 5.75 Å². The van der Waals surface area contributed by atoms with Gasteiger partial charge in [-0.1, -0.05) is 20.8 Å². The first-order valence-corrected chi connectivity index (χ1v) is 9.81. The number of azo groups is 1. The van der Waals surface area contributed by atoms with Gasteiger partial charge < -0.3 is 15.0 Å². The fourth-order valence-electron chi connectivity index (χ4n) is 3.06. The summed E-state index contributed by atoms with van der Waals surface area (Å²) in [6.07, 6.45) is 0. The summed E-state index contributed by atoms with van der Waals surface area (Å²) in [5.74, 6) is 0.654. The molecule has 0 aliphatic rings. The summed E-state index contributed by atoms with van der Waals surface area (Å²) in [6, 6.07) is 5.68. The highest BCUT2D eigenvalue weighted by atomic mass is 16.5. The van der Waals surface area contributed by atoms with Gasteiger partial charge in [-0.15, -0.1) is 10.2 Å². The molecule has 30 heavy (non-hydrogen) atoms. The highest BCUT2D eigenvalue weighted by molar-refractivity contribution is 5.93. The monoisotopic (exact) mass is 411 g/mol. The number of carbonyl (C=O) groups excluding carboxylic acids is 1. The van der Waals surface area contributed by atoms with E-state index in [0.717, 1.165) is 18.8 Å². The van der Waals surface area contributed by atoms with Crippen LogP contribution in [-0.2, 0) is 10.2 Å². The number of hydrogen-bond donors (Lipinski definition) is 2. The molecule has 1 amide bonds. The van der Waals surface area contributed by atoms with Gasteiger partial charge in [0.2, 0.25) is 5.91 Å². The fraction of sp³-hybridized carbons (Fsp3) is 0.476. The molecule has 9 nitrogen and oxygen atoms in total. The van der Waals surface area contributed by atoms with Crippen LogP contribution < -0.4 is 15.0 Å². The Morgan fingerprint density at radius 3 is 2.47 bits per heavy atom. The van der Waals surface area contributed by atoms with Gasteiger partial charge >= 0.3 is 0 Å². The van der Waals surface area contributed by atoms with Crippen LogP contribution in [-0.4, -0.2) is 36.3 Å². The van der Waals surface area contributed by atoms with Crippen molar-refractivity contribution in [3.05, 3.63) is 23.4 Å². The summed E-state index contributed by atoms with van der Waals surface area (Å²) in [6.45, 7) is 13.0. The highest BCUT2D eigenvalue weighted by Gasteiger charge is 2.24. The minimum absolute atomic E-state index is 0.226. The van der Waals surface area contributed by atoms with Crippen LogP contribution in [0.1, 0.15) is 52.8 Å². The molecular weight excluding hydrogens is 382 g/mol. The normalized spacial score (nSPS) is 11.4. The zero-order chi connectivity index (χ0) is 22.5. The molecule has 0 saturated carbocycles. The SMILES string of the molecule is CCN(CC)c1cc(NC(C)=O)c(/N=N/c2[nH]nc(C(C)(C)C)c2C#N)cc1OC. The van der Waals surface area contributed by atoms with E-state index >= 15 is 0 Å². The Hall–Kier alpha value is -3.41. The molecule has 0 aliphatic carbocycles. The maximum absolute atomic E-state index is 11.7. The topological polar surface area (TPSA) is 119 Å². The average Bonchev–Trinajstić information content (AvgIpc) is 3.11. The van der Waals surface area contributed by atoms with Gasteiger partial charge in [-0.05, 0) is 19.9 Å². The number of nitrogens with zero attached hydrogens (tertiary/aromatic N) is 5. The van der Waals surface area contributed by atoms with Crippen LogP contribution in [0.15, 0.2) is 22.4 Å². The molecule has 0 saturated heterocycles. The number of methoxy groups -OCH3 is 1. The molecule has 0 fully saturated rings. The Balaban J connectivity index is 2.57. The standard InChI is InChI=1S/C21H29N7O2/c1-8-28(9-2)17-10-15(23-13(3)29)16(11-18(17)30-7)24-26-20-14(12-22)19(25-27-20)21(4,5)6/h10-11H,8-9H2,1-7H3,(H,23,29)(H,25,27)/b26-24+. The Kier molecular flexibility index (Phi) is 7.16. The molecule has 0 spiro atoms. The number of H-pyrrole nitrogens is 1. The molecule has 0 atom stereocenters. The van der Waals surface area contributed by atoms with Crippen molar-refractivity contribution in [1.29, 1.82) is 5.26 Å². The van der Waals surface area contributed by atoms with Crippen molar-refractivity contribution in [3.63, 3.8) is 0 Å². The number of nitriles is 1. The third-order valence-electron chi connectivity index (χ3n) is 4.54. The van der Waals surface area contributed by atoms with E-state index in [2.05, 4.69) is 36.7 Å². The lowest BCUT2D eigenvalue weighted by molar-refractivity contribution is -0.114. The van der Waals surface area contributed by atoms with Crippen LogP contribution in [0.4, 0.5) is 22.9 Å². The van der Waals surface area contributed by atoms with Crippen LogP contribution in [0.3, 0.4) is 0 Å². The Bertz CT molecular complexity index is 976. The van der Waals surface area contributed by atoms with Gasteiger partial charge in [-0.25, -0.2) is 0 Å². The molecule has 160 valence electrons. The molecule has 0 unspecified atom stereocenters. The van der Waals surface area contributed by atoms with Crippen LogP contribution >= 0.6 is 0 Å². The van der Waals surface area contributed by atoms with Crippen LogP contribution in [0, 0.1) is 11.3 Å². The molecule has 1 heterocycles. The van der Waals surface area contributed by atoms with Crippen molar-refractivity contribution in [2.45, 2.75) is 47.0 Å². The number of nitrogens with one attached hydrogen (secondary N) is 2. The summed E-state index contributed by atoms with van der Waals surface area (Å²) in [7, 11) is 1.58. The van der Waals surface area contributed by atoms with Gasteiger partial charge in [-0.3, -0.25) is 9.89 Å². The van der Waals surface area contributed by atoms with Crippen molar-refractivity contribution >= 4 is 28.8 Å². The van der Waals surface area contributed by atoms with Crippen molar-refractivity contribution in [1.82, 2.24) is 10.2 Å². The minimum Gasteiger partial charge on any atom is -0.494 e. The maximum Gasteiger partial charge on any atom is 0.221 e. The minimum atomic E-state index is -0.314.